The standard InChI is InChI=1S/C22H20FN5O5S/c1-13-16-7-6-15(32-19-5-4-9-25-26-19)12-18(16)33-22(29)17(13)11-14-8-10-24-21(20(14)23)27-34(30,31)28(2)3/h4-10,12H,11H2,1-3H3,(H,24,27). The maximum Gasteiger partial charge on any atom is 0.340 e. The van der Waals surface area contributed by atoms with E-state index in [0.717, 1.165) is 4.31 Å². The summed E-state index contributed by atoms with van der Waals surface area (Å²) in [6.07, 6.45) is 2.66. The number of hydrogen-bond donors (Lipinski definition) is 1. The number of nitrogens with zero attached hydrogens (tertiary/aromatic N) is 4. The molecular weight excluding hydrogens is 465 g/mol. The van der Waals surface area contributed by atoms with E-state index < -0.39 is 27.5 Å². The first-order valence-corrected chi connectivity index (χ1v) is 11.5. The zero-order valence-corrected chi connectivity index (χ0v) is 19.3. The number of anilines is 1. The lowest BCUT2D eigenvalue weighted by Crippen LogP contribution is -2.29. The molecule has 0 saturated carbocycles. The summed E-state index contributed by atoms with van der Waals surface area (Å²) in [5.41, 5.74) is 0.574. The number of aromatic nitrogens is 3. The normalized spacial score (nSPS) is 11.7. The molecule has 0 aliphatic heterocycles. The summed E-state index contributed by atoms with van der Waals surface area (Å²) in [5.74, 6) is -0.646. The van der Waals surface area contributed by atoms with Crippen molar-refractivity contribution in [1.82, 2.24) is 19.5 Å². The number of hydrogen-bond acceptors (Lipinski definition) is 8. The van der Waals surface area contributed by atoms with Gasteiger partial charge in [0.25, 0.3) is 0 Å². The first-order chi connectivity index (χ1) is 16.2. The van der Waals surface area contributed by atoms with E-state index in [4.69, 9.17) is 9.15 Å². The van der Waals surface area contributed by atoms with E-state index in [1.165, 1.54) is 32.6 Å². The molecule has 0 fully saturated rings. The summed E-state index contributed by atoms with van der Waals surface area (Å²) in [5, 5.41) is 8.23. The van der Waals surface area contributed by atoms with Gasteiger partial charge in [0, 0.05) is 56.0 Å². The van der Waals surface area contributed by atoms with E-state index in [1.807, 2.05) is 0 Å². The molecule has 0 radical (unpaired) electrons. The molecule has 1 N–H and O–H groups in total. The van der Waals surface area contributed by atoms with Crippen molar-refractivity contribution in [1.29, 1.82) is 0 Å². The molecular formula is C22H20FN5O5S. The van der Waals surface area contributed by atoms with E-state index in [9.17, 15) is 13.2 Å². The Morgan fingerprint density at radius 2 is 1.97 bits per heavy atom. The van der Waals surface area contributed by atoms with Crippen molar-refractivity contribution in [2.24, 2.45) is 0 Å². The van der Waals surface area contributed by atoms with Crippen LogP contribution in [-0.4, -0.2) is 42.0 Å². The number of fused-ring (bicyclic) bond motifs is 1. The minimum atomic E-state index is -3.95. The Morgan fingerprint density at radius 3 is 2.68 bits per heavy atom. The molecule has 0 atom stereocenters. The number of nitrogens with one attached hydrogen (secondary N) is 1. The zero-order chi connectivity index (χ0) is 24.5. The van der Waals surface area contributed by atoms with E-state index in [-0.39, 0.29) is 23.4 Å². The van der Waals surface area contributed by atoms with Crippen LogP contribution in [0.15, 0.2) is 58.0 Å². The summed E-state index contributed by atoms with van der Waals surface area (Å²) in [7, 11) is -1.35. The summed E-state index contributed by atoms with van der Waals surface area (Å²) < 4.78 is 53.2. The summed E-state index contributed by atoms with van der Waals surface area (Å²) in [6, 6.07) is 9.66. The van der Waals surface area contributed by atoms with Gasteiger partial charge < -0.3 is 9.15 Å². The van der Waals surface area contributed by atoms with Crippen molar-refractivity contribution < 1.29 is 22.0 Å². The van der Waals surface area contributed by atoms with Crippen LogP contribution >= 0.6 is 0 Å². The zero-order valence-electron chi connectivity index (χ0n) is 18.4. The largest absolute Gasteiger partial charge is 0.437 e. The number of aryl methyl sites for hydroxylation is 1. The lowest BCUT2D eigenvalue weighted by atomic mass is 10.00. The summed E-state index contributed by atoms with van der Waals surface area (Å²) in [6.45, 7) is 1.73. The molecule has 0 spiro atoms. The number of halogens is 1. The Balaban J connectivity index is 1.67. The average Bonchev–Trinajstić information content (AvgIpc) is 2.79. The Hall–Kier alpha value is -3.90. The molecule has 0 unspecified atom stereocenters. The van der Waals surface area contributed by atoms with E-state index in [1.54, 1.807) is 37.3 Å². The quantitative estimate of drug-likeness (QED) is 0.396. The van der Waals surface area contributed by atoms with Gasteiger partial charge in [-0.2, -0.15) is 17.8 Å². The second-order valence-electron chi connectivity index (χ2n) is 7.51. The third kappa shape index (κ3) is 4.72. The SMILES string of the molecule is Cc1c(Cc2ccnc(NS(=O)(=O)N(C)C)c2F)c(=O)oc2cc(Oc3cccnn3)ccc12. The highest BCUT2D eigenvalue weighted by molar-refractivity contribution is 7.90. The number of benzene rings is 1. The summed E-state index contributed by atoms with van der Waals surface area (Å²) >= 11 is 0. The second kappa shape index (κ2) is 9.15. The highest BCUT2D eigenvalue weighted by atomic mass is 32.2. The van der Waals surface area contributed by atoms with Gasteiger partial charge in [-0.05, 0) is 42.3 Å². The van der Waals surface area contributed by atoms with Crippen molar-refractivity contribution in [3.63, 3.8) is 0 Å². The van der Waals surface area contributed by atoms with Gasteiger partial charge in [-0.15, -0.1) is 5.10 Å². The second-order valence-corrected chi connectivity index (χ2v) is 9.40. The van der Waals surface area contributed by atoms with Gasteiger partial charge in [0.2, 0.25) is 5.88 Å². The predicted octanol–water partition coefficient (Wildman–Crippen LogP) is 3.03. The molecule has 0 saturated heterocycles. The van der Waals surface area contributed by atoms with Crippen LogP contribution in [-0.2, 0) is 16.6 Å². The maximum atomic E-state index is 15.0. The van der Waals surface area contributed by atoms with E-state index in [2.05, 4.69) is 19.9 Å². The highest BCUT2D eigenvalue weighted by Gasteiger charge is 2.20. The van der Waals surface area contributed by atoms with Crippen molar-refractivity contribution in [2.75, 3.05) is 18.8 Å². The van der Waals surface area contributed by atoms with Crippen molar-refractivity contribution in [3.8, 4) is 11.6 Å². The fourth-order valence-corrected chi connectivity index (χ4v) is 3.77. The lowest BCUT2D eigenvalue weighted by molar-refractivity contribution is 0.453. The fourth-order valence-electron chi connectivity index (χ4n) is 3.20. The van der Waals surface area contributed by atoms with Crippen LogP contribution < -0.4 is 15.1 Å². The molecule has 0 aliphatic rings. The minimum Gasteiger partial charge on any atom is -0.437 e. The van der Waals surface area contributed by atoms with Gasteiger partial charge in [-0.1, -0.05) is 0 Å². The van der Waals surface area contributed by atoms with E-state index >= 15 is 4.39 Å². The van der Waals surface area contributed by atoms with Crippen LogP contribution in [0.2, 0.25) is 0 Å². The fraction of sp³-hybridized carbons (Fsp3) is 0.182. The molecule has 3 aromatic heterocycles. The van der Waals surface area contributed by atoms with Gasteiger partial charge in [0.15, 0.2) is 11.6 Å². The molecule has 3 heterocycles. The van der Waals surface area contributed by atoms with Crippen molar-refractivity contribution in [2.45, 2.75) is 13.3 Å². The number of pyridine rings is 1. The molecule has 176 valence electrons. The first kappa shape index (κ1) is 23.3. The van der Waals surface area contributed by atoms with Crippen molar-refractivity contribution in [3.05, 3.63) is 81.7 Å². The van der Waals surface area contributed by atoms with Gasteiger partial charge in [0.1, 0.15) is 11.3 Å². The Labute approximate surface area is 194 Å². The van der Waals surface area contributed by atoms with Crippen LogP contribution in [0.3, 0.4) is 0 Å². The minimum absolute atomic E-state index is 0.0869. The molecule has 4 aromatic rings. The molecule has 12 heteroatoms. The predicted molar refractivity (Wildman–Crippen MR) is 123 cm³/mol. The van der Waals surface area contributed by atoms with E-state index in [0.29, 0.717) is 22.3 Å². The van der Waals surface area contributed by atoms with Crippen LogP contribution in [0.1, 0.15) is 16.7 Å². The monoisotopic (exact) mass is 485 g/mol. The molecule has 10 nitrogen and oxygen atoms in total. The van der Waals surface area contributed by atoms with Crippen LogP contribution in [0.25, 0.3) is 11.0 Å². The molecule has 34 heavy (non-hydrogen) atoms. The van der Waals surface area contributed by atoms with Gasteiger partial charge >= 0.3 is 15.8 Å². The smallest absolute Gasteiger partial charge is 0.340 e. The molecule has 1 aromatic carbocycles. The average molecular weight is 485 g/mol. The number of ether oxygens (including phenoxy) is 1. The third-order valence-corrected chi connectivity index (χ3v) is 6.48. The lowest BCUT2D eigenvalue weighted by Gasteiger charge is -2.14. The summed E-state index contributed by atoms with van der Waals surface area (Å²) in [4.78, 5) is 16.5. The molecule has 0 bridgehead atoms. The highest BCUT2D eigenvalue weighted by Crippen LogP contribution is 2.28. The van der Waals surface area contributed by atoms with Gasteiger partial charge in [0.05, 0.1) is 0 Å². The van der Waals surface area contributed by atoms with Crippen LogP contribution in [0, 0.1) is 12.7 Å². The molecule has 0 aliphatic carbocycles. The number of rotatable bonds is 7. The third-order valence-electron chi connectivity index (χ3n) is 5.07. The van der Waals surface area contributed by atoms with Crippen LogP contribution in [0.4, 0.5) is 10.2 Å². The molecule has 4 rings (SSSR count). The van der Waals surface area contributed by atoms with Crippen molar-refractivity contribution >= 4 is 27.0 Å². The Kier molecular flexibility index (Phi) is 6.26. The topological polar surface area (TPSA) is 128 Å². The Morgan fingerprint density at radius 1 is 1.18 bits per heavy atom. The van der Waals surface area contributed by atoms with Crippen LogP contribution in [0.5, 0.6) is 11.6 Å². The van der Waals surface area contributed by atoms with Gasteiger partial charge in [-0.25, -0.2) is 14.2 Å². The van der Waals surface area contributed by atoms with Gasteiger partial charge in [-0.3, -0.25) is 4.72 Å². The molecule has 0 amide bonds. The first-order valence-electron chi connectivity index (χ1n) is 10.0. The Bertz CT molecular complexity index is 1520. The maximum absolute atomic E-state index is 15.0.